The Balaban J connectivity index is 2.00. The molecular weight excluding hydrogens is 400 g/mol. The normalized spacial score (nSPS) is 11.1. The topological polar surface area (TPSA) is 45.9 Å². The van der Waals surface area contributed by atoms with E-state index in [1.165, 1.54) is 18.2 Å². The molecule has 0 aliphatic rings. The summed E-state index contributed by atoms with van der Waals surface area (Å²) in [5.41, 5.74) is 0.257. The molecule has 3 aromatic rings. The summed E-state index contributed by atoms with van der Waals surface area (Å²) in [7, 11) is 0. The summed E-state index contributed by atoms with van der Waals surface area (Å²) >= 11 is 11.9. The number of alkyl halides is 3. The fourth-order valence-electron chi connectivity index (χ4n) is 2.27. The summed E-state index contributed by atoms with van der Waals surface area (Å²) in [4.78, 5) is 4.24. The van der Waals surface area contributed by atoms with Crippen molar-refractivity contribution in [2.45, 2.75) is 6.18 Å². The van der Waals surface area contributed by atoms with Crippen LogP contribution in [0.25, 0.3) is 11.3 Å². The van der Waals surface area contributed by atoms with Gasteiger partial charge in [-0.05, 0) is 42.5 Å². The Morgan fingerprint density at radius 2 is 1.74 bits per heavy atom. The molecule has 1 heterocycles. The molecule has 1 aromatic heterocycles. The van der Waals surface area contributed by atoms with E-state index in [2.05, 4.69) is 4.98 Å². The lowest BCUT2D eigenvalue weighted by molar-refractivity contribution is -0.137. The first-order valence-corrected chi connectivity index (χ1v) is 8.25. The molecule has 0 unspecified atom stereocenters. The molecule has 27 heavy (non-hydrogen) atoms. The van der Waals surface area contributed by atoms with E-state index in [4.69, 9.17) is 27.9 Å². The molecule has 0 bridgehead atoms. The van der Waals surface area contributed by atoms with E-state index in [0.717, 1.165) is 12.1 Å². The van der Waals surface area contributed by atoms with Crippen LogP contribution >= 0.6 is 23.2 Å². The lowest BCUT2D eigenvalue weighted by Crippen LogP contribution is -2.04. The van der Waals surface area contributed by atoms with Crippen LogP contribution in [0.1, 0.15) is 11.1 Å². The van der Waals surface area contributed by atoms with Gasteiger partial charge in [0.05, 0.1) is 21.3 Å². The fraction of sp³-hybridized carbons (Fsp3) is 0.0526. The largest absolute Gasteiger partial charge is 0.438 e. The van der Waals surface area contributed by atoms with Gasteiger partial charge < -0.3 is 4.74 Å². The number of aromatic nitrogens is 1. The van der Waals surface area contributed by atoms with Gasteiger partial charge in [-0.1, -0.05) is 35.3 Å². The Labute approximate surface area is 162 Å². The highest BCUT2D eigenvalue weighted by Gasteiger charge is 2.30. The summed E-state index contributed by atoms with van der Waals surface area (Å²) in [6.45, 7) is 0. The number of nitriles is 1. The van der Waals surface area contributed by atoms with Gasteiger partial charge in [0.2, 0.25) is 5.88 Å². The third-order valence-corrected chi connectivity index (χ3v) is 4.31. The molecule has 0 saturated carbocycles. The summed E-state index contributed by atoms with van der Waals surface area (Å²) < 4.78 is 44.0. The zero-order chi connectivity index (χ0) is 19.6. The number of hydrogen-bond acceptors (Lipinski definition) is 3. The molecule has 3 rings (SSSR count). The van der Waals surface area contributed by atoms with Crippen LogP contribution in [0.4, 0.5) is 13.2 Å². The second kappa shape index (κ2) is 7.47. The Morgan fingerprint density at radius 3 is 2.41 bits per heavy atom. The van der Waals surface area contributed by atoms with Crippen LogP contribution in [0.3, 0.4) is 0 Å². The number of hydrogen-bond donors (Lipinski definition) is 0. The monoisotopic (exact) mass is 408 g/mol. The van der Waals surface area contributed by atoms with Crippen LogP contribution in [0.5, 0.6) is 11.6 Å². The first kappa shape index (κ1) is 19.0. The third-order valence-electron chi connectivity index (χ3n) is 3.57. The molecule has 0 N–H and O–H groups in total. The lowest BCUT2D eigenvalue weighted by Gasteiger charge is -2.11. The molecule has 0 aliphatic heterocycles. The van der Waals surface area contributed by atoms with Crippen LogP contribution in [-0.2, 0) is 6.18 Å². The maximum atomic E-state index is 12.9. The Morgan fingerprint density at radius 1 is 0.963 bits per heavy atom. The highest BCUT2D eigenvalue weighted by molar-refractivity contribution is 6.42. The van der Waals surface area contributed by atoms with Gasteiger partial charge in [0, 0.05) is 5.56 Å². The number of halogens is 5. The maximum Gasteiger partial charge on any atom is 0.416 e. The minimum absolute atomic E-state index is 0.0798. The van der Waals surface area contributed by atoms with E-state index in [0.29, 0.717) is 21.3 Å². The summed E-state index contributed by atoms with van der Waals surface area (Å²) in [6.07, 6.45) is -4.51. The average Bonchev–Trinajstić information content (AvgIpc) is 2.63. The van der Waals surface area contributed by atoms with Crippen molar-refractivity contribution in [2.24, 2.45) is 0 Å². The summed E-state index contributed by atoms with van der Waals surface area (Å²) in [5.74, 6) is -0.194. The Kier molecular flexibility index (Phi) is 5.26. The van der Waals surface area contributed by atoms with Crippen molar-refractivity contribution in [2.75, 3.05) is 0 Å². The van der Waals surface area contributed by atoms with Crippen molar-refractivity contribution in [1.29, 1.82) is 5.26 Å². The Bertz CT molecular complexity index is 1050. The van der Waals surface area contributed by atoms with Gasteiger partial charge in [-0.15, -0.1) is 0 Å². The van der Waals surface area contributed by atoms with Gasteiger partial charge in [-0.3, -0.25) is 0 Å². The van der Waals surface area contributed by atoms with Crippen molar-refractivity contribution < 1.29 is 17.9 Å². The second-order valence-electron chi connectivity index (χ2n) is 5.42. The van der Waals surface area contributed by atoms with E-state index in [1.54, 1.807) is 24.3 Å². The molecule has 0 spiro atoms. The van der Waals surface area contributed by atoms with Gasteiger partial charge in [-0.2, -0.15) is 18.4 Å². The number of pyridine rings is 1. The minimum Gasteiger partial charge on any atom is -0.438 e. The molecular formula is C19H9Cl2F3N2O. The molecule has 0 amide bonds. The number of rotatable bonds is 3. The lowest BCUT2D eigenvalue weighted by atomic mass is 10.1. The van der Waals surface area contributed by atoms with Gasteiger partial charge in [0.25, 0.3) is 0 Å². The van der Waals surface area contributed by atoms with E-state index in [9.17, 15) is 18.4 Å². The van der Waals surface area contributed by atoms with E-state index in [1.807, 2.05) is 6.07 Å². The molecule has 0 atom stereocenters. The summed E-state index contributed by atoms with van der Waals surface area (Å²) in [6, 6.07) is 14.1. The SMILES string of the molecule is N#Cc1ccc(-c2ccc(Cl)c(Cl)c2)nc1Oc1cccc(C(F)(F)F)c1. The standard InChI is InChI=1S/C19H9Cl2F3N2O/c20-15-6-4-11(8-16(15)21)17-7-5-12(10-25)18(26-17)27-14-3-1-2-13(9-14)19(22,23)24/h1-9H. The van der Waals surface area contributed by atoms with Crippen molar-refractivity contribution in [3.63, 3.8) is 0 Å². The zero-order valence-electron chi connectivity index (χ0n) is 13.4. The molecule has 0 aliphatic carbocycles. The minimum atomic E-state index is -4.51. The molecule has 0 saturated heterocycles. The van der Waals surface area contributed by atoms with E-state index >= 15 is 0 Å². The van der Waals surface area contributed by atoms with Crippen molar-refractivity contribution >= 4 is 23.2 Å². The predicted octanol–water partition coefficient (Wildman–Crippen LogP) is 6.74. The van der Waals surface area contributed by atoms with Gasteiger partial charge in [0.1, 0.15) is 17.4 Å². The first-order chi connectivity index (χ1) is 12.8. The van der Waals surface area contributed by atoms with Crippen LogP contribution < -0.4 is 4.74 Å². The zero-order valence-corrected chi connectivity index (χ0v) is 14.9. The first-order valence-electron chi connectivity index (χ1n) is 7.49. The third kappa shape index (κ3) is 4.33. The molecule has 136 valence electrons. The van der Waals surface area contributed by atoms with Gasteiger partial charge in [-0.25, -0.2) is 4.98 Å². The van der Waals surface area contributed by atoms with Gasteiger partial charge in [0.15, 0.2) is 0 Å². The Hall–Kier alpha value is -2.75. The van der Waals surface area contributed by atoms with Crippen molar-refractivity contribution in [3.8, 4) is 29.0 Å². The molecule has 0 fully saturated rings. The maximum absolute atomic E-state index is 12.9. The van der Waals surface area contributed by atoms with E-state index < -0.39 is 11.7 Å². The second-order valence-corrected chi connectivity index (χ2v) is 6.23. The van der Waals surface area contributed by atoms with Gasteiger partial charge >= 0.3 is 6.18 Å². The molecule has 3 nitrogen and oxygen atoms in total. The van der Waals surface area contributed by atoms with Crippen LogP contribution in [-0.4, -0.2) is 4.98 Å². The molecule has 8 heteroatoms. The van der Waals surface area contributed by atoms with Crippen LogP contribution in [0.15, 0.2) is 54.6 Å². The highest BCUT2D eigenvalue weighted by Crippen LogP contribution is 2.34. The quantitative estimate of drug-likeness (QED) is 0.481. The molecule has 0 radical (unpaired) electrons. The average molecular weight is 409 g/mol. The number of ether oxygens (including phenoxy) is 1. The summed E-state index contributed by atoms with van der Waals surface area (Å²) in [5, 5.41) is 9.92. The smallest absolute Gasteiger partial charge is 0.416 e. The predicted molar refractivity (Wildman–Crippen MR) is 95.9 cm³/mol. The number of nitrogens with zero attached hydrogens (tertiary/aromatic N) is 2. The van der Waals surface area contributed by atoms with Crippen molar-refractivity contribution in [3.05, 3.63) is 75.8 Å². The van der Waals surface area contributed by atoms with Crippen LogP contribution in [0, 0.1) is 11.3 Å². The fourth-order valence-corrected chi connectivity index (χ4v) is 2.57. The van der Waals surface area contributed by atoms with E-state index in [-0.39, 0.29) is 17.2 Å². The highest BCUT2D eigenvalue weighted by atomic mass is 35.5. The molecule has 2 aromatic carbocycles. The van der Waals surface area contributed by atoms with Crippen molar-refractivity contribution in [1.82, 2.24) is 4.98 Å². The van der Waals surface area contributed by atoms with Crippen LogP contribution in [0.2, 0.25) is 10.0 Å². The number of benzene rings is 2.